The molecule has 0 aliphatic rings. The van der Waals surface area contributed by atoms with Crippen LogP contribution in [0.4, 0.5) is 0 Å². The zero-order chi connectivity index (χ0) is 15.2. The monoisotopic (exact) mass is 287 g/mol. The molecule has 0 fully saturated rings. The molecule has 0 aliphatic carbocycles. The largest absolute Gasteiger partial charge is 0.508 e. The molecule has 0 heterocycles. The highest BCUT2D eigenvalue weighted by Crippen LogP contribution is 2.24. The second kappa shape index (κ2) is 6.99. The van der Waals surface area contributed by atoms with Crippen molar-refractivity contribution in [3.8, 4) is 17.2 Å². The molecule has 2 rings (SSSR count). The molecular weight excluding hydrogens is 266 g/mol. The zero-order valence-electron chi connectivity index (χ0n) is 12.3. The molecule has 0 saturated heterocycles. The molecule has 21 heavy (non-hydrogen) atoms. The maximum absolute atomic E-state index is 9.50. The lowest BCUT2D eigenvalue weighted by atomic mass is 10.1. The van der Waals surface area contributed by atoms with Crippen molar-refractivity contribution in [2.45, 2.75) is 19.4 Å². The number of hydrogen-bond acceptors (Lipinski definition) is 4. The minimum atomic E-state index is 0.0496. The van der Waals surface area contributed by atoms with Crippen LogP contribution in [0.2, 0.25) is 0 Å². The number of benzene rings is 2. The van der Waals surface area contributed by atoms with Crippen LogP contribution >= 0.6 is 0 Å². The molecule has 0 amide bonds. The first-order valence-corrected chi connectivity index (χ1v) is 6.97. The Balaban J connectivity index is 1.90. The van der Waals surface area contributed by atoms with Gasteiger partial charge in [-0.15, -0.1) is 0 Å². The van der Waals surface area contributed by atoms with E-state index in [2.05, 4.69) is 11.4 Å². The summed E-state index contributed by atoms with van der Waals surface area (Å²) in [6.07, 6.45) is 0.881. The molecule has 1 atom stereocenters. The Hall–Kier alpha value is -2.20. The van der Waals surface area contributed by atoms with Crippen molar-refractivity contribution in [1.82, 2.24) is 5.32 Å². The van der Waals surface area contributed by atoms with Gasteiger partial charge in [0, 0.05) is 12.1 Å². The lowest BCUT2D eigenvalue weighted by molar-refractivity contribution is 0.414. The van der Waals surface area contributed by atoms with Crippen LogP contribution < -0.4 is 10.1 Å². The summed E-state index contributed by atoms with van der Waals surface area (Å²) in [6.45, 7) is 2.80. The predicted octanol–water partition coefficient (Wildman–Crippen LogP) is 3.00. The number of nitrogens with one attached hydrogen (secondary N) is 1. The SMILES string of the molecule is COc1cccc(CCNC(C)c2cc(O)cc(O)c2)c1. The van der Waals surface area contributed by atoms with Gasteiger partial charge in [0.2, 0.25) is 0 Å². The lowest BCUT2D eigenvalue weighted by Gasteiger charge is -2.15. The van der Waals surface area contributed by atoms with Gasteiger partial charge in [0.05, 0.1) is 7.11 Å². The molecule has 1 unspecified atom stereocenters. The van der Waals surface area contributed by atoms with Crippen molar-refractivity contribution in [2.24, 2.45) is 0 Å². The average Bonchev–Trinajstić information content (AvgIpc) is 2.46. The van der Waals surface area contributed by atoms with E-state index in [4.69, 9.17) is 4.74 Å². The minimum absolute atomic E-state index is 0.0496. The standard InChI is InChI=1S/C17H21NO3/c1-12(14-9-15(19)11-16(20)10-14)18-7-6-13-4-3-5-17(8-13)21-2/h3-5,8-12,18-20H,6-7H2,1-2H3. The molecule has 0 spiro atoms. The number of rotatable bonds is 6. The first kappa shape index (κ1) is 15.2. The fraction of sp³-hybridized carbons (Fsp3) is 0.294. The van der Waals surface area contributed by atoms with Gasteiger partial charge in [-0.3, -0.25) is 0 Å². The van der Waals surface area contributed by atoms with Crippen molar-refractivity contribution >= 4 is 0 Å². The van der Waals surface area contributed by atoms with Crippen molar-refractivity contribution in [1.29, 1.82) is 0 Å². The van der Waals surface area contributed by atoms with Crippen LogP contribution in [0.1, 0.15) is 24.1 Å². The summed E-state index contributed by atoms with van der Waals surface area (Å²) in [5.74, 6) is 1.01. The van der Waals surface area contributed by atoms with Crippen LogP contribution in [-0.2, 0) is 6.42 Å². The van der Waals surface area contributed by atoms with E-state index in [9.17, 15) is 10.2 Å². The summed E-state index contributed by atoms with van der Waals surface area (Å²) in [5.41, 5.74) is 2.06. The van der Waals surface area contributed by atoms with Crippen LogP contribution in [0.15, 0.2) is 42.5 Å². The third-order valence-electron chi connectivity index (χ3n) is 3.42. The maximum Gasteiger partial charge on any atom is 0.119 e. The second-order valence-corrected chi connectivity index (χ2v) is 5.06. The average molecular weight is 287 g/mol. The molecule has 0 aromatic heterocycles. The molecule has 112 valence electrons. The van der Waals surface area contributed by atoms with E-state index in [0.29, 0.717) is 0 Å². The summed E-state index contributed by atoms with van der Waals surface area (Å²) < 4.78 is 5.20. The zero-order valence-corrected chi connectivity index (χ0v) is 12.3. The number of ether oxygens (including phenoxy) is 1. The van der Waals surface area contributed by atoms with Crippen LogP contribution in [0.25, 0.3) is 0 Å². The van der Waals surface area contributed by atoms with Crippen molar-refractivity contribution in [3.63, 3.8) is 0 Å². The van der Waals surface area contributed by atoms with Gasteiger partial charge in [0.1, 0.15) is 17.2 Å². The highest BCUT2D eigenvalue weighted by atomic mass is 16.5. The Labute approximate surface area is 125 Å². The van der Waals surface area contributed by atoms with Gasteiger partial charge in [-0.05, 0) is 55.3 Å². The van der Waals surface area contributed by atoms with Gasteiger partial charge in [0.15, 0.2) is 0 Å². The van der Waals surface area contributed by atoms with Crippen molar-refractivity contribution in [2.75, 3.05) is 13.7 Å². The summed E-state index contributed by atoms with van der Waals surface area (Å²) in [7, 11) is 1.66. The third kappa shape index (κ3) is 4.39. The van der Waals surface area contributed by atoms with E-state index in [0.717, 1.165) is 24.3 Å². The van der Waals surface area contributed by atoms with Gasteiger partial charge in [-0.2, -0.15) is 0 Å². The van der Waals surface area contributed by atoms with Crippen LogP contribution in [0, 0.1) is 0 Å². The van der Waals surface area contributed by atoms with Gasteiger partial charge in [0.25, 0.3) is 0 Å². The maximum atomic E-state index is 9.50. The Morgan fingerprint density at radius 1 is 1.10 bits per heavy atom. The molecule has 2 aromatic rings. The van der Waals surface area contributed by atoms with Crippen LogP contribution in [0.3, 0.4) is 0 Å². The lowest BCUT2D eigenvalue weighted by Crippen LogP contribution is -2.21. The third-order valence-corrected chi connectivity index (χ3v) is 3.42. The molecule has 0 aliphatic heterocycles. The van der Waals surface area contributed by atoms with Crippen molar-refractivity contribution < 1.29 is 14.9 Å². The number of methoxy groups -OCH3 is 1. The molecule has 3 N–H and O–H groups in total. The van der Waals surface area contributed by atoms with E-state index in [-0.39, 0.29) is 17.5 Å². The van der Waals surface area contributed by atoms with E-state index >= 15 is 0 Å². The molecule has 0 saturated carbocycles. The fourth-order valence-electron chi connectivity index (χ4n) is 2.25. The minimum Gasteiger partial charge on any atom is -0.508 e. The van der Waals surface area contributed by atoms with Gasteiger partial charge >= 0.3 is 0 Å². The Kier molecular flexibility index (Phi) is 5.06. The summed E-state index contributed by atoms with van der Waals surface area (Å²) in [5, 5.41) is 22.4. The smallest absolute Gasteiger partial charge is 0.119 e. The first-order chi connectivity index (χ1) is 10.1. The van der Waals surface area contributed by atoms with E-state index in [1.54, 1.807) is 19.2 Å². The van der Waals surface area contributed by atoms with E-state index in [1.165, 1.54) is 11.6 Å². The Morgan fingerprint density at radius 2 is 1.81 bits per heavy atom. The predicted molar refractivity (Wildman–Crippen MR) is 82.9 cm³/mol. The Morgan fingerprint density at radius 3 is 2.48 bits per heavy atom. The number of phenolic OH excluding ortho intramolecular Hbond substituents is 2. The highest BCUT2D eigenvalue weighted by molar-refractivity contribution is 5.38. The number of hydrogen-bond donors (Lipinski definition) is 3. The topological polar surface area (TPSA) is 61.7 Å². The first-order valence-electron chi connectivity index (χ1n) is 6.97. The molecule has 2 aromatic carbocycles. The second-order valence-electron chi connectivity index (χ2n) is 5.06. The quantitative estimate of drug-likeness (QED) is 0.764. The van der Waals surface area contributed by atoms with Gasteiger partial charge in [-0.25, -0.2) is 0 Å². The number of phenols is 2. The molecule has 4 nitrogen and oxygen atoms in total. The molecule has 0 bridgehead atoms. The van der Waals surface area contributed by atoms with E-state index in [1.807, 2.05) is 25.1 Å². The van der Waals surface area contributed by atoms with Crippen molar-refractivity contribution in [3.05, 3.63) is 53.6 Å². The summed E-state index contributed by atoms with van der Waals surface area (Å²) in [6, 6.07) is 12.7. The Bertz CT molecular complexity index is 578. The van der Waals surface area contributed by atoms with Crippen LogP contribution in [-0.4, -0.2) is 23.9 Å². The van der Waals surface area contributed by atoms with Crippen LogP contribution in [0.5, 0.6) is 17.2 Å². The fourth-order valence-corrected chi connectivity index (χ4v) is 2.25. The van der Waals surface area contributed by atoms with E-state index < -0.39 is 0 Å². The highest BCUT2D eigenvalue weighted by Gasteiger charge is 2.07. The van der Waals surface area contributed by atoms with Gasteiger partial charge in [-0.1, -0.05) is 12.1 Å². The number of aromatic hydroxyl groups is 2. The van der Waals surface area contributed by atoms with Gasteiger partial charge < -0.3 is 20.3 Å². The molecule has 0 radical (unpaired) electrons. The summed E-state index contributed by atoms with van der Waals surface area (Å²) >= 11 is 0. The molecular formula is C17H21NO3. The normalized spacial score (nSPS) is 12.1. The summed E-state index contributed by atoms with van der Waals surface area (Å²) in [4.78, 5) is 0. The molecule has 4 heteroatoms.